The van der Waals surface area contributed by atoms with E-state index in [2.05, 4.69) is 10.6 Å². The summed E-state index contributed by atoms with van der Waals surface area (Å²) in [5.74, 6) is -0.441. The summed E-state index contributed by atoms with van der Waals surface area (Å²) in [5.41, 5.74) is 1.20. The molecule has 31 heavy (non-hydrogen) atoms. The Balaban J connectivity index is 1.68. The van der Waals surface area contributed by atoms with Gasteiger partial charge in [-0.25, -0.2) is 0 Å². The van der Waals surface area contributed by atoms with Crippen molar-refractivity contribution in [2.24, 2.45) is 5.92 Å². The minimum absolute atomic E-state index is 0.00739. The van der Waals surface area contributed by atoms with Gasteiger partial charge < -0.3 is 15.5 Å². The maximum absolute atomic E-state index is 13.0. The third-order valence-electron chi connectivity index (χ3n) is 5.93. The van der Waals surface area contributed by atoms with Crippen molar-refractivity contribution in [3.8, 4) is 0 Å². The second-order valence-electron chi connectivity index (χ2n) is 8.13. The molecule has 2 N–H and O–H groups in total. The first-order chi connectivity index (χ1) is 15.0. The van der Waals surface area contributed by atoms with Crippen LogP contribution in [0.15, 0.2) is 60.7 Å². The molecule has 2 atom stereocenters. The predicted octanol–water partition coefficient (Wildman–Crippen LogP) is 3.25. The van der Waals surface area contributed by atoms with E-state index in [0.29, 0.717) is 37.1 Å². The van der Waals surface area contributed by atoms with Crippen LogP contribution in [-0.2, 0) is 4.79 Å². The van der Waals surface area contributed by atoms with Crippen LogP contribution in [0.3, 0.4) is 0 Å². The summed E-state index contributed by atoms with van der Waals surface area (Å²) < 4.78 is 0. The van der Waals surface area contributed by atoms with Gasteiger partial charge in [-0.1, -0.05) is 43.3 Å². The summed E-state index contributed by atoms with van der Waals surface area (Å²) in [7, 11) is 0. The van der Waals surface area contributed by atoms with Gasteiger partial charge in [0.2, 0.25) is 5.91 Å². The fourth-order valence-electron chi connectivity index (χ4n) is 3.85. The Morgan fingerprint density at radius 1 is 0.903 bits per heavy atom. The number of hydrogen-bond donors (Lipinski definition) is 2. The molecule has 1 fully saturated rings. The molecule has 0 radical (unpaired) electrons. The van der Waals surface area contributed by atoms with E-state index in [0.717, 1.165) is 6.42 Å². The number of carbonyl (C=O) groups excluding carboxylic acids is 3. The lowest BCUT2D eigenvalue weighted by molar-refractivity contribution is -0.125. The van der Waals surface area contributed by atoms with Gasteiger partial charge in [0.15, 0.2) is 0 Å². The van der Waals surface area contributed by atoms with Crippen LogP contribution in [0.5, 0.6) is 0 Å². The summed E-state index contributed by atoms with van der Waals surface area (Å²) in [6.45, 7) is 5.09. The lowest BCUT2D eigenvalue weighted by atomic mass is 9.88. The SMILES string of the molecule is CC[C@H](C)NC(=O)[C@H](NC(=O)c1ccccc1)C1CCN(C(=O)c2ccccc2)CC1. The molecule has 1 heterocycles. The first-order valence-corrected chi connectivity index (χ1v) is 11.0. The van der Waals surface area contributed by atoms with Crippen molar-refractivity contribution in [1.82, 2.24) is 15.5 Å². The van der Waals surface area contributed by atoms with Crippen LogP contribution < -0.4 is 10.6 Å². The summed E-state index contributed by atoms with van der Waals surface area (Å²) in [5, 5.41) is 5.96. The zero-order valence-electron chi connectivity index (χ0n) is 18.2. The van der Waals surface area contributed by atoms with E-state index in [1.54, 1.807) is 24.3 Å². The smallest absolute Gasteiger partial charge is 0.253 e. The van der Waals surface area contributed by atoms with Crippen LogP contribution in [0.4, 0.5) is 0 Å². The van der Waals surface area contributed by atoms with E-state index in [4.69, 9.17) is 0 Å². The first kappa shape index (κ1) is 22.5. The van der Waals surface area contributed by atoms with Crippen molar-refractivity contribution in [2.75, 3.05) is 13.1 Å². The molecule has 3 rings (SSSR count). The van der Waals surface area contributed by atoms with Crippen molar-refractivity contribution in [3.63, 3.8) is 0 Å². The monoisotopic (exact) mass is 421 g/mol. The van der Waals surface area contributed by atoms with Gasteiger partial charge in [0.1, 0.15) is 6.04 Å². The number of rotatable bonds is 7. The molecule has 0 saturated carbocycles. The normalized spacial score (nSPS) is 16.3. The largest absolute Gasteiger partial charge is 0.352 e. The molecule has 0 bridgehead atoms. The van der Waals surface area contributed by atoms with Gasteiger partial charge in [0.05, 0.1) is 0 Å². The number of amides is 3. The van der Waals surface area contributed by atoms with E-state index in [1.807, 2.05) is 55.1 Å². The van der Waals surface area contributed by atoms with Crippen molar-refractivity contribution in [2.45, 2.75) is 45.2 Å². The topological polar surface area (TPSA) is 78.5 Å². The maximum atomic E-state index is 13.0. The molecule has 1 saturated heterocycles. The molecule has 0 aromatic heterocycles. The summed E-state index contributed by atoms with van der Waals surface area (Å²) in [4.78, 5) is 40.3. The van der Waals surface area contributed by atoms with Gasteiger partial charge in [-0.2, -0.15) is 0 Å². The molecule has 1 aliphatic heterocycles. The molecule has 0 spiro atoms. The second-order valence-corrected chi connectivity index (χ2v) is 8.13. The Bertz CT molecular complexity index is 877. The van der Waals surface area contributed by atoms with Crippen LogP contribution in [0, 0.1) is 5.92 Å². The van der Waals surface area contributed by atoms with Crippen molar-refractivity contribution < 1.29 is 14.4 Å². The zero-order valence-corrected chi connectivity index (χ0v) is 18.2. The van der Waals surface area contributed by atoms with Gasteiger partial charge in [-0.05, 0) is 56.4 Å². The van der Waals surface area contributed by atoms with Crippen molar-refractivity contribution in [3.05, 3.63) is 71.8 Å². The average molecular weight is 422 g/mol. The zero-order chi connectivity index (χ0) is 22.2. The minimum Gasteiger partial charge on any atom is -0.352 e. The molecule has 164 valence electrons. The molecular weight excluding hydrogens is 390 g/mol. The summed E-state index contributed by atoms with van der Waals surface area (Å²) >= 11 is 0. The van der Waals surface area contributed by atoms with Crippen LogP contribution in [-0.4, -0.2) is 47.8 Å². The number of carbonyl (C=O) groups is 3. The van der Waals surface area contributed by atoms with Crippen LogP contribution in [0.1, 0.15) is 53.8 Å². The van der Waals surface area contributed by atoms with Crippen LogP contribution >= 0.6 is 0 Å². The third-order valence-corrected chi connectivity index (χ3v) is 5.93. The lowest BCUT2D eigenvalue weighted by Crippen LogP contribution is -2.55. The Labute approximate surface area is 184 Å². The standard InChI is InChI=1S/C25H31N3O3/c1-3-18(2)26-24(30)22(27-23(29)20-10-6-4-7-11-20)19-14-16-28(17-15-19)25(31)21-12-8-5-9-13-21/h4-13,18-19,22H,3,14-17H2,1-2H3,(H,26,30)(H,27,29)/t18-,22+/m0/s1. The summed E-state index contributed by atoms with van der Waals surface area (Å²) in [6, 6.07) is 17.6. The first-order valence-electron chi connectivity index (χ1n) is 11.0. The highest BCUT2D eigenvalue weighted by molar-refractivity contribution is 5.97. The van der Waals surface area contributed by atoms with E-state index in [-0.39, 0.29) is 29.7 Å². The molecule has 0 unspecified atom stereocenters. The van der Waals surface area contributed by atoms with E-state index < -0.39 is 6.04 Å². The third kappa shape index (κ3) is 5.94. The Kier molecular flexibility index (Phi) is 7.82. The number of likely N-dealkylation sites (tertiary alicyclic amines) is 1. The average Bonchev–Trinajstić information content (AvgIpc) is 2.83. The Morgan fingerprint density at radius 2 is 1.45 bits per heavy atom. The molecule has 6 nitrogen and oxygen atoms in total. The van der Waals surface area contributed by atoms with Crippen LogP contribution in [0.2, 0.25) is 0 Å². The Hall–Kier alpha value is -3.15. The summed E-state index contributed by atoms with van der Waals surface area (Å²) in [6.07, 6.45) is 2.13. The lowest BCUT2D eigenvalue weighted by Gasteiger charge is -2.36. The van der Waals surface area contributed by atoms with Gasteiger partial charge in [0.25, 0.3) is 11.8 Å². The van der Waals surface area contributed by atoms with Gasteiger partial charge in [-0.3, -0.25) is 14.4 Å². The predicted molar refractivity (Wildman–Crippen MR) is 121 cm³/mol. The van der Waals surface area contributed by atoms with Crippen molar-refractivity contribution in [1.29, 1.82) is 0 Å². The van der Waals surface area contributed by atoms with Crippen molar-refractivity contribution >= 4 is 17.7 Å². The van der Waals surface area contributed by atoms with Crippen LogP contribution in [0.25, 0.3) is 0 Å². The highest BCUT2D eigenvalue weighted by Gasteiger charge is 2.34. The molecule has 0 aliphatic carbocycles. The maximum Gasteiger partial charge on any atom is 0.253 e. The van der Waals surface area contributed by atoms with Gasteiger partial charge in [-0.15, -0.1) is 0 Å². The van der Waals surface area contributed by atoms with Gasteiger partial charge in [0, 0.05) is 30.3 Å². The molecule has 6 heteroatoms. The number of nitrogens with zero attached hydrogens (tertiary/aromatic N) is 1. The quantitative estimate of drug-likeness (QED) is 0.720. The van der Waals surface area contributed by atoms with E-state index in [1.165, 1.54) is 0 Å². The minimum atomic E-state index is -0.629. The fraction of sp³-hybridized carbons (Fsp3) is 0.400. The van der Waals surface area contributed by atoms with E-state index >= 15 is 0 Å². The fourth-order valence-corrected chi connectivity index (χ4v) is 3.85. The van der Waals surface area contributed by atoms with Gasteiger partial charge >= 0.3 is 0 Å². The molecule has 1 aliphatic rings. The Morgan fingerprint density at radius 3 is 2.00 bits per heavy atom. The van der Waals surface area contributed by atoms with E-state index in [9.17, 15) is 14.4 Å². The molecule has 2 aromatic carbocycles. The molecular formula is C25H31N3O3. The molecule has 3 amide bonds. The highest BCUT2D eigenvalue weighted by Crippen LogP contribution is 2.23. The number of nitrogens with one attached hydrogen (secondary N) is 2. The number of piperidine rings is 1. The molecule has 2 aromatic rings. The number of hydrogen-bond acceptors (Lipinski definition) is 3. The second kappa shape index (κ2) is 10.8. The number of benzene rings is 2. The highest BCUT2D eigenvalue weighted by atomic mass is 16.2.